The minimum Gasteiger partial charge on any atom is -0.301 e. The van der Waals surface area contributed by atoms with Gasteiger partial charge in [0, 0.05) is 17.4 Å². The zero-order valence-corrected chi connectivity index (χ0v) is 12.5. The van der Waals surface area contributed by atoms with Crippen LogP contribution in [0.4, 0.5) is 0 Å². The average molecular weight is 277 g/mol. The van der Waals surface area contributed by atoms with Gasteiger partial charge in [-0.15, -0.1) is 0 Å². The maximum atomic E-state index is 11.9. The van der Waals surface area contributed by atoms with Crippen LogP contribution in [0.5, 0.6) is 0 Å². The largest absolute Gasteiger partial charge is 0.301 e. The number of carbonyl (C=O) groups is 1. The van der Waals surface area contributed by atoms with Gasteiger partial charge in [-0.1, -0.05) is 48.5 Å². The van der Waals surface area contributed by atoms with Gasteiger partial charge in [0.25, 0.3) is 0 Å². The molecule has 1 saturated heterocycles. The average Bonchev–Trinajstić information content (AvgIpc) is 2.46. The molecule has 19 heavy (non-hydrogen) atoms. The Kier molecular flexibility index (Phi) is 5.93. The molecular weight excluding hydrogens is 254 g/mol. The van der Waals surface area contributed by atoms with Crippen LogP contribution >= 0.6 is 11.8 Å². The number of nitrogens with zero attached hydrogens (tertiary/aromatic N) is 1. The van der Waals surface area contributed by atoms with Crippen molar-refractivity contribution in [3.05, 3.63) is 35.9 Å². The maximum absolute atomic E-state index is 11.9. The zero-order chi connectivity index (χ0) is 13.5. The number of carbonyl (C=O) groups excluding carboxylic acids is 1. The number of benzene rings is 1. The van der Waals surface area contributed by atoms with E-state index in [4.69, 9.17) is 0 Å². The molecule has 2 rings (SSSR count). The first-order chi connectivity index (χ1) is 9.27. The second kappa shape index (κ2) is 7.71. The number of piperidine rings is 1. The highest BCUT2D eigenvalue weighted by molar-refractivity contribution is 8.14. The summed E-state index contributed by atoms with van der Waals surface area (Å²) in [6.07, 6.45) is 5.14. The first-order valence-corrected chi connectivity index (χ1v) is 8.22. The molecule has 3 heteroatoms. The summed E-state index contributed by atoms with van der Waals surface area (Å²) < 4.78 is 0. The standard InChI is InChI=1S/C16H23NOS/c1-14-8-5-6-11-17(14)12-7-13-19-16(18)15-9-3-2-4-10-15/h2-4,9-10,14H,5-8,11-13H2,1H3/t14-/m1/s1. The zero-order valence-electron chi connectivity index (χ0n) is 11.7. The monoisotopic (exact) mass is 277 g/mol. The van der Waals surface area contributed by atoms with Crippen LogP contribution < -0.4 is 0 Å². The molecule has 1 fully saturated rings. The van der Waals surface area contributed by atoms with Gasteiger partial charge < -0.3 is 4.90 Å². The Balaban J connectivity index is 1.65. The van der Waals surface area contributed by atoms with Crippen molar-refractivity contribution < 1.29 is 4.79 Å². The van der Waals surface area contributed by atoms with Crippen LogP contribution in [-0.4, -0.2) is 34.9 Å². The summed E-state index contributed by atoms with van der Waals surface area (Å²) in [6, 6.07) is 10.3. The summed E-state index contributed by atoms with van der Waals surface area (Å²) in [5, 5.41) is 0.201. The predicted molar refractivity (Wildman–Crippen MR) is 82.7 cm³/mol. The molecule has 0 spiro atoms. The normalized spacial score (nSPS) is 20.4. The van der Waals surface area contributed by atoms with Crippen molar-refractivity contribution in [2.75, 3.05) is 18.8 Å². The first kappa shape index (κ1) is 14.6. The van der Waals surface area contributed by atoms with Gasteiger partial charge in [0.2, 0.25) is 5.12 Å². The second-order valence-electron chi connectivity index (χ2n) is 5.24. The van der Waals surface area contributed by atoms with Crippen molar-refractivity contribution in [1.29, 1.82) is 0 Å². The molecule has 2 nitrogen and oxygen atoms in total. The Morgan fingerprint density at radius 3 is 2.84 bits per heavy atom. The summed E-state index contributed by atoms with van der Waals surface area (Å²) in [5.74, 6) is 0.928. The molecule has 0 N–H and O–H groups in total. The summed E-state index contributed by atoms with van der Waals surface area (Å²) in [7, 11) is 0. The molecule has 1 heterocycles. The van der Waals surface area contributed by atoms with Gasteiger partial charge in [0.1, 0.15) is 0 Å². The van der Waals surface area contributed by atoms with E-state index in [9.17, 15) is 4.79 Å². The minimum atomic E-state index is 0.201. The topological polar surface area (TPSA) is 20.3 Å². The number of thioether (sulfide) groups is 1. The molecule has 0 aromatic heterocycles. The lowest BCUT2D eigenvalue weighted by Gasteiger charge is -2.33. The third kappa shape index (κ3) is 4.66. The Bertz CT molecular complexity index is 393. The minimum absolute atomic E-state index is 0.201. The van der Waals surface area contributed by atoms with Crippen LogP contribution in [0.2, 0.25) is 0 Å². The Morgan fingerprint density at radius 2 is 2.11 bits per heavy atom. The van der Waals surface area contributed by atoms with Crippen molar-refractivity contribution >= 4 is 16.9 Å². The van der Waals surface area contributed by atoms with Gasteiger partial charge in [0.15, 0.2) is 0 Å². The number of rotatable bonds is 5. The lowest BCUT2D eigenvalue weighted by Crippen LogP contribution is -2.38. The van der Waals surface area contributed by atoms with E-state index in [1.807, 2.05) is 30.3 Å². The fraction of sp³-hybridized carbons (Fsp3) is 0.562. The van der Waals surface area contributed by atoms with E-state index in [0.717, 1.165) is 30.3 Å². The number of hydrogen-bond acceptors (Lipinski definition) is 3. The van der Waals surface area contributed by atoms with E-state index in [1.165, 1.54) is 37.6 Å². The molecule has 1 aliphatic heterocycles. The van der Waals surface area contributed by atoms with Crippen LogP contribution in [-0.2, 0) is 0 Å². The lowest BCUT2D eigenvalue weighted by atomic mass is 10.0. The SMILES string of the molecule is C[C@@H]1CCCCN1CCCSC(=O)c1ccccc1. The first-order valence-electron chi connectivity index (χ1n) is 7.23. The molecule has 1 aromatic carbocycles. The van der Waals surface area contributed by atoms with Gasteiger partial charge >= 0.3 is 0 Å². The van der Waals surface area contributed by atoms with Crippen LogP contribution in [0.1, 0.15) is 43.0 Å². The van der Waals surface area contributed by atoms with Crippen LogP contribution in [0.3, 0.4) is 0 Å². The smallest absolute Gasteiger partial charge is 0.219 e. The fourth-order valence-corrected chi connectivity index (χ4v) is 3.34. The molecule has 1 aliphatic rings. The summed E-state index contributed by atoms with van der Waals surface area (Å²) in [4.78, 5) is 14.5. The maximum Gasteiger partial charge on any atom is 0.219 e. The summed E-state index contributed by atoms with van der Waals surface area (Å²) >= 11 is 1.45. The van der Waals surface area contributed by atoms with Crippen molar-refractivity contribution in [3.8, 4) is 0 Å². The second-order valence-corrected chi connectivity index (χ2v) is 6.30. The van der Waals surface area contributed by atoms with E-state index in [2.05, 4.69) is 11.8 Å². The van der Waals surface area contributed by atoms with Crippen LogP contribution in [0.25, 0.3) is 0 Å². The summed E-state index contributed by atoms with van der Waals surface area (Å²) in [6.45, 7) is 4.69. The lowest BCUT2D eigenvalue weighted by molar-refractivity contribution is 0.108. The molecule has 0 saturated carbocycles. The fourth-order valence-electron chi connectivity index (χ4n) is 2.58. The van der Waals surface area contributed by atoms with Crippen molar-refractivity contribution in [3.63, 3.8) is 0 Å². The van der Waals surface area contributed by atoms with Gasteiger partial charge in [-0.3, -0.25) is 4.79 Å². The quantitative estimate of drug-likeness (QED) is 0.763. The van der Waals surface area contributed by atoms with Gasteiger partial charge in [-0.2, -0.15) is 0 Å². The molecule has 104 valence electrons. The highest BCUT2D eigenvalue weighted by Gasteiger charge is 2.17. The molecule has 0 radical (unpaired) electrons. The Hall–Kier alpha value is -0.800. The highest BCUT2D eigenvalue weighted by Crippen LogP contribution is 2.18. The van der Waals surface area contributed by atoms with Crippen LogP contribution in [0, 0.1) is 0 Å². The number of likely N-dealkylation sites (tertiary alicyclic amines) is 1. The van der Waals surface area contributed by atoms with Gasteiger partial charge in [0.05, 0.1) is 0 Å². The highest BCUT2D eigenvalue weighted by atomic mass is 32.2. The van der Waals surface area contributed by atoms with E-state index in [-0.39, 0.29) is 5.12 Å². The van der Waals surface area contributed by atoms with Gasteiger partial charge in [-0.25, -0.2) is 0 Å². The van der Waals surface area contributed by atoms with E-state index < -0.39 is 0 Å². The van der Waals surface area contributed by atoms with Gasteiger partial charge in [-0.05, 0) is 39.3 Å². The Morgan fingerprint density at radius 1 is 1.32 bits per heavy atom. The molecule has 1 atom stereocenters. The third-order valence-corrected chi connectivity index (χ3v) is 4.76. The van der Waals surface area contributed by atoms with E-state index in [1.54, 1.807) is 0 Å². The molecule has 0 amide bonds. The molecule has 0 bridgehead atoms. The molecule has 0 aliphatic carbocycles. The van der Waals surface area contributed by atoms with Crippen molar-refractivity contribution in [2.45, 2.75) is 38.6 Å². The molecular formula is C16H23NOS. The third-order valence-electron chi connectivity index (χ3n) is 3.77. The van der Waals surface area contributed by atoms with E-state index >= 15 is 0 Å². The van der Waals surface area contributed by atoms with E-state index in [0.29, 0.717) is 0 Å². The van der Waals surface area contributed by atoms with Crippen LogP contribution in [0.15, 0.2) is 30.3 Å². The predicted octanol–water partition coefficient (Wildman–Crippen LogP) is 3.82. The van der Waals surface area contributed by atoms with Crippen molar-refractivity contribution in [1.82, 2.24) is 4.90 Å². The van der Waals surface area contributed by atoms with Crippen molar-refractivity contribution in [2.24, 2.45) is 0 Å². The molecule has 1 aromatic rings. The summed E-state index contributed by atoms with van der Waals surface area (Å²) in [5.41, 5.74) is 0.818. The Labute approximate surface area is 120 Å². The molecule has 0 unspecified atom stereocenters. The number of hydrogen-bond donors (Lipinski definition) is 0.